The minimum atomic E-state index is -1.73. The van der Waals surface area contributed by atoms with Gasteiger partial charge in [0.25, 0.3) is 0 Å². The van der Waals surface area contributed by atoms with Crippen molar-refractivity contribution in [3.05, 3.63) is 59.7 Å². The van der Waals surface area contributed by atoms with Crippen molar-refractivity contribution < 1.29 is 62.3 Å². The molecule has 2 aromatic carbocycles. The number of benzene rings is 2. The normalized spacial score (nSPS) is 22.0. The zero-order valence-electron chi connectivity index (χ0n) is 26.1. The molecule has 0 radical (unpaired) electrons. The van der Waals surface area contributed by atoms with Crippen LogP contribution in [-0.2, 0) is 52.4 Å². The first kappa shape index (κ1) is 34.8. The first-order valence-corrected chi connectivity index (χ1v) is 14.7. The van der Waals surface area contributed by atoms with Crippen LogP contribution < -0.4 is 10.6 Å². The third-order valence-electron chi connectivity index (χ3n) is 7.41. The lowest BCUT2D eigenvalue weighted by atomic mass is 9.96. The highest BCUT2D eigenvalue weighted by molar-refractivity contribution is 5.82. The smallest absolute Gasteiger partial charge is 0.407 e. The predicted molar refractivity (Wildman–Crippen MR) is 159 cm³/mol. The molecule has 1 heterocycles. The molecule has 1 aliphatic carbocycles. The number of carbonyl (C=O) groups excluding carboxylic acids is 6. The first-order chi connectivity index (χ1) is 22.4. The maximum Gasteiger partial charge on any atom is 0.407 e. The van der Waals surface area contributed by atoms with Gasteiger partial charge in [-0.2, -0.15) is 0 Å². The van der Waals surface area contributed by atoms with E-state index in [4.69, 9.17) is 28.4 Å². The molecule has 1 fully saturated rings. The van der Waals surface area contributed by atoms with Crippen LogP contribution in [0.5, 0.6) is 0 Å². The number of hydrogen-bond acceptors (Lipinski definition) is 13. The van der Waals surface area contributed by atoms with Crippen molar-refractivity contribution in [2.24, 2.45) is 0 Å². The molecule has 2 aromatic rings. The average molecular weight is 657 g/mol. The van der Waals surface area contributed by atoms with Gasteiger partial charge in [0.05, 0.1) is 6.61 Å². The maximum absolute atomic E-state index is 13.2. The van der Waals surface area contributed by atoms with Gasteiger partial charge in [-0.3, -0.25) is 19.2 Å². The van der Waals surface area contributed by atoms with Crippen LogP contribution in [0.3, 0.4) is 0 Å². The van der Waals surface area contributed by atoms with Crippen molar-refractivity contribution in [1.82, 2.24) is 10.6 Å². The molecule has 3 N–H and O–H groups in total. The molecule has 0 spiro atoms. The molecule has 0 bridgehead atoms. The summed E-state index contributed by atoms with van der Waals surface area (Å²) in [6.07, 6.45) is -6.98. The molecule has 47 heavy (non-hydrogen) atoms. The summed E-state index contributed by atoms with van der Waals surface area (Å²) in [5.41, 5.74) is 3.97. The number of nitrogens with one attached hydrogen (secondary N) is 2. The van der Waals surface area contributed by atoms with E-state index in [1.165, 1.54) is 0 Å². The van der Waals surface area contributed by atoms with Gasteiger partial charge in [0.15, 0.2) is 18.2 Å². The summed E-state index contributed by atoms with van der Waals surface area (Å²) in [5, 5.41) is 14.7. The Bertz CT molecular complexity index is 1470. The van der Waals surface area contributed by atoms with E-state index in [1.807, 2.05) is 48.5 Å². The highest BCUT2D eigenvalue weighted by Gasteiger charge is 2.52. The highest BCUT2D eigenvalue weighted by Crippen LogP contribution is 2.44. The molecule has 3 unspecified atom stereocenters. The van der Waals surface area contributed by atoms with E-state index in [9.17, 15) is 33.9 Å². The van der Waals surface area contributed by atoms with Gasteiger partial charge in [0.1, 0.15) is 25.4 Å². The fraction of sp³-hybridized carbons (Fsp3) is 0.438. The fourth-order valence-corrected chi connectivity index (χ4v) is 5.55. The van der Waals surface area contributed by atoms with Gasteiger partial charge < -0.3 is 44.2 Å². The van der Waals surface area contributed by atoms with Crippen LogP contribution in [0.15, 0.2) is 48.5 Å². The molecule has 1 aliphatic heterocycles. The van der Waals surface area contributed by atoms with E-state index in [-0.39, 0.29) is 12.5 Å². The summed E-state index contributed by atoms with van der Waals surface area (Å²) < 4.78 is 32.4. The number of alkyl carbamates (subject to hydrolysis) is 1. The van der Waals surface area contributed by atoms with Crippen LogP contribution in [-0.4, -0.2) is 97.5 Å². The molecule has 6 atom stereocenters. The Morgan fingerprint density at radius 1 is 0.766 bits per heavy atom. The van der Waals surface area contributed by atoms with Gasteiger partial charge in [-0.15, -0.1) is 0 Å². The number of rotatable bonds is 11. The molecule has 2 amide bonds. The summed E-state index contributed by atoms with van der Waals surface area (Å²) in [6.45, 7) is 2.88. The molecule has 4 rings (SSSR count). The van der Waals surface area contributed by atoms with Crippen LogP contribution in [0.2, 0.25) is 0 Å². The Balaban J connectivity index is 1.49. The van der Waals surface area contributed by atoms with Crippen LogP contribution in [0.25, 0.3) is 11.1 Å². The van der Waals surface area contributed by atoms with Gasteiger partial charge in [-0.1, -0.05) is 48.5 Å². The van der Waals surface area contributed by atoms with Crippen LogP contribution in [0, 0.1) is 0 Å². The molecule has 1 saturated heterocycles. The largest absolute Gasteiger partial charge is 0.463 e. The van der Waals surface area contributed by atoms with E-state index >= 15 is 0 Å². The third-order valence-corrected chi connectivity index (χ3v) is 7.41. The topological polar surface area (TPSA) is 202 Å². The summed E-state index contributed by atoms with van der Waals surface area (Å²) in [5.74, 6) is -4.50. The number of aliphatic hydroxyl groups is 1. The van der Waals surface area contributed by atoms with Crippen molar-refractivity contribution in [1.29, 1.82) is 0 Å². The summed E-state index contributed by atoms with van der Waals surface area (Å²) in [4.78, 5) is 73.7. The van der Waals surface area contributed by atoms with Crippen LogP contribution in [0.4, 0.5) is 4.79 Å². The predicted octanol–water partition coefficient (Wildman–Crippen LogP) is 1.09. The van der Waals surface area contributed by atoms with Crippen molar-refractivity contribution in [3.8, 4) is 11.1 Å². The summed E-state index contributed by atoms with van der Waals surface area (Å²) >= 11 is 0. The third kappa shape index (κ3) is 8.62. The Labute approximate surface area is 269 Å². The molecule has 15 heteroatoms. The molecule has 0 saturated carbocycles. The summed E-state index contributed by atoms with van der Waals surface area (Å²) in [7, 11) is 0. The van der Waals surface area contributed by atoms with E-state index in [0.717, 1.165) is 49.9 Å². The molecular formula is C32H36N2O13. The lowest BCUT2D eigenvalue weighted by Gasteiger charge is -2.44. The Morgan fingerprint density at radius 3 is 1.87 bits per heavy atom. The van der Waals surface area contributed by atoms with Gasteiger partial charge in [-0.25, -0.2) is 9.59 Å². The fourth-order valence-electron chi connectivity index (χ4n) is 5.55. The van der Waals surface area contributed by atoms with Crippen LogP contribution >= 0.6 is 0 Å². The second-order valence-corrected chi connectivity index (χ2v) is 10.9. The SMILES string of the molecule is CC(=O)NC1C(OC(C)=O)[C@H](OC(C)=O)C(COC(C)=O)O[C@H]1OC(=O)[C@H](CO)NC(=O)OCC1c2ccccc2-c2ccccc21. The molecular weight excluding hydrogens is 620 g/mol. The average Bonchev–Trinajstić information content (AvgIpc) is 3.33. The minimum Gasteiger partial charge on any atom is -0.463 e. The molecule has 15 nitrogen and oxygen atoms in total. The Kier molecular flexibility index (Phi) is 11.5. The van der Waals surface area contributed by atoms with E-state index in [2.05, 4.69) is 10.6 Å². The van der Waals surface area contributed by atoms with Crippen molar-refractivity contribution >= 4 is 35.9 Å². The minimum absolute atomic E-state index is 0.0666. The monoisotopic (exact) mass is 656 g/mol. The van der Waals surface area contributed by atoms with Gasteiger partial charge >= 0.3 is 30.0 Å². The lowest BCUT2D eigenvalue weighted by molar-refractivity contribution is -0.272. The number of hydrogen-bond donors (Lipinski definition) is 3. The van der Waals surface area contributed by atoms with Gasteiger partial charge in [-0.05, 0) is 22.3 Å². The first-order valence-electron chi connectivity index (χ1n) is 14.7. The number of ether oxygens (including phenoxy) is 6. The Morgan fingerprint density at radius 2 is 1.34 bits per heavy atom. The van der Waals surface area contributed by atoms with Gasteiger partial charge in [0, 0.05) is 33.6 Å². The highest BCUT2D eigenvalue weighted by atomic mass is 16.7. The van der Waals surface area contributed by atoms with E-state index in [1.54, 1.807) is 0 Å². The van der Waals surface area contributed by atoms with E-state index in [0.29, 0.717) is 0 Å². The van der Waals surface area contributed by atoms with Crippen molar-refractivity contribution in [3.63, 3.8) is 0 Å². The molecule has 2 aliphatic rings. The maximum atomic E-state index is 13.2. The van der Waals surface area contributed by atoms with Crippen molar-refractivity contribution in [2.75, 3.05) is 19.8 Å². The number of fused-ring (bicyclic) bond motifs is 3. The van der Waals surface area contributed by atoms with Crippen molar-refractivity contribution in [2.45, 2.75) is 70.3 Å². The second-order valence-electron chi connectivity index (χ2n) is 10.9. The van der Waals surface area contributed by atoms with Crippen LogP contribution in [0.1, 0.15) is 44.7 Å². The second kappa shape index (κ2) is 15.5. The van der Waals surface area contributed by atoms with Gasteiger partial charge in [0.2, 0.25) is 12.2 Å². The number of aliphatic hydroxyl groups excluding tert-OH is 1. The zero-order valence-corrected chi connectivity index (χ0v) is 26.1. The Hall–Kier alpha value is -5.02. The number of esters is 4. The number of amides is 2. The quantitative estimate of drug-likeness (QED) is 0.229. The standard InChI is InChI=1S/C32H36N2O13/c1-16(36)33-27-29(45-19(4)39)28(44-18(3)38)26(15-42-17(2)37)46-31(27)47-30(40)25(13-35)34-32(41)43-14-24-22-11-7-5-9-20(22)21-10-6-8-12-23(21)24/h5-12,24-29,31,35H,13-15H2,1-4H3,(H,33,36)(H,34,41)/t25-,26?,27?,28+,29?,31-/m0/s1. The zero-order chi connectivity index (χ0) is 34.2. The number of carbonyl (C=O) groups is 6. The summed E-state index contributed by atoms with van der Waals surface area (Å²) in [6, 6.07) is 12.3. The lowest BCUT2D eigenvalue weighted by Crippen LogP contribution is -2.67. The van der Waals surface area contributed by atoms with E-state index < -0.39 is 85.8 Å². The molecule has 252 valence electrons. The molecule has 0 aromatic heterocycles.